The molecule has 1 unspecified atom stereocenters. The van der Waals surface area contributed by atoms with Crippen molar-refractivity contribution >= 4 is 27.7 Å². The quantitative estimate of drug-likeness (QED) is 0.885. The maximum absolute atomic E-state index is 4.38. The van der Waals surface area contributed by atoms with Crippen molar-refractivity contribution in [2.24, 2.45) is 0 Å². The highest BCUT2D eigenvalue weighted by atomic mass is 79.9. The molecule has 1 atom stereocenters. The van der Waals surface area contributed by atoms with Crippen LogP contribution in [0.4, 0.5) is 11.8 Å². The Kier molecular flexibility index (Phi) is 4.74. The smallest absolute Gasteiger partial charge is 0.224 e. The molecular formula is C14H17BrN4. The summed E-state index contributed by atoms with van der Waals surface area (Å²) < 4.78 is 0.867. The third kappa shape index (κ3) is 3.67. The van der Waals surface area contributed by atoms with Crippen LogP contribution in [0.2, 0.25) is 0 Å². The summed E-state index contributed by atoms with van der Waals surface area (Å²) in [6.07, 6.45) is 1.74. The zero-order valence-corrected chi connectivity index (χ0v) is 12.6. The molecule has 2 N–H and O–H groups in total. The lowest BCUT2D eigenvalue weighted by Gasteiger charge is -2.14. The van der Waals surface area contributed by atoms with Gasteiger partial charge in [0.1, 0.15) is 5.82 Å². The number of anilines is 2. The van der Waals surface area contributed by atoms with E-state index in [0.717, 1.165) is 16.8 Å². The van der Waals surface area contributed by atoms with Crippen LogP contribution in [0.15, 0.2) is 41.0 Å². The molecule has 0 saturated carbocycles. The van der Waals surface area contributed by atoms with Crippen LogP contribution in [0.25, 0.3) is 0 Å². The number of halogens is 1. The van der Waals surface area contributed by atoms with Crippen molar-refractivity contribution in [1.82, 2.24) is 9.97 Å². The first-order valence-corrected chi connectivity index (χ1v) is 6.99. The van der Waals surface area contributed by atoms with Crippen molar-refractivity contribution in [1.29, 1.82) is 0 Å². The minimum atomic E-state index is 0.418. The number of benzene rings is 1. The molecule has 0 aliphatic rings. The second-order valence-corrected chi connectivity index (χ2v) is 5.19. The van der Waals surface area contributed by atoms with Crippen LogP contribution in [-0.4, -0.2) is 23.6 Å². The molecule has 0 aliphatic heterocycles. The van der Waals surface area contributed by atoms with Gasteiger partial charge in [-0.2, -0.15) is 4.98 Å². The van der Waals surface area contributed by atoms with Crippen LogP contribution in [0.1, 0.15) is 18.4 Å². The zero-order chi connectivity index (χ0) is 13.7. The lowest BCUT2D eigenvalue weighted by Crippen LogP contribution is -2.12. The molecular weight excluding hydrogens is 304 g/mol. The van der Waals surface area contributed by atoms with E-state index in [1.54, 1.807) is 13.2 Å². The Balaban J connectivity index is 2.02. The van der Waals surface area contributed by atoms with Crippen LogP contribution in [0.3, 0.4) is 0 Å². The summed E-state index contributed by atoms with van der Waals surface area (Å²) in [6, 6.07) is 10.4. The average Bonchev–Trinajstić information content (AvgIpc) is 2.47. The predicted molar refractivity (Wildman–Crippen MR) is 82.6 cm³/mol. The second-order valence-electron chi connectivity index (χ2n) is 4.33. The van der Waals surface area contributed by atoms with Crippen molar-refractivity contribution in [3.8, 4) is 0 Å². The van der Waals surface area contributed by atoms with E-state index in [9.17, 15) is 0 Å². The topological polar surface area (TPSA) is 49.8 Å². The largest absolute Gasteiger partial charge is 0.368 e. The highest BCUT2D eigenvalue weighted by molar-refractivity contribution is 9.10. The first-order chi connectivity index (χ1) is 9.20. The number of nitrogens with zero attached hydrogens (tertiary/aromatic N) is 2. The summed E-state index contributed by atoms with van der Waals surface area (Å²) in [5.74, 6) is 1.83. The molecule has 0 aliphatic carbocycles. The third-order valence-corrected chi connectivity index (χ3v) is 3.49. The lowest BCUT2D eigenvalue weighted by molar-refractivity contribution is 0.800. The fourth-order valence-corrected chi connectivity index (χ4v) is 2.09. The molecule has 19 heavy (non-hydrogen) atoms. The highest BCUT2D eigenvalue weighted by Gasteiger charge is 2.08. The summed E-state index contributed by atoms with van der Waals surface area (Å²) in [6.45, 7) is 3.01. The van der Waals surface area contributed by atoms with E-state index in [2.05, 4.69) is 67.7 Å². The summed E-state index contributed by atoms with van der Waals surface area (Å²) >= 11 is 3.45. The Labute approximate surface area is 121 Å². The standard InChI is InChI=1S/C14H17BrN4/c1-10(11-6-4-3-5-7-11)8-17-13-12(15)9-18-14(16-2)19-13/h3-7,9-10H,8H2,1-2H3,(H2,16,17,18,19). The number of nitrogens with one attached hydrogen (secondary N) is 2. The van der Waals surface area contributed by atoms with Crippen LogP contribution in [0, 0.1) is 0 Å². The molecule has 5 heteroatoms. The molecule has 2 aromatic rings. The molecule has 0 radical (unpaired) electrons. The van der Waals surface area contributed by atoms with E-state index >= 15 is 0 Å². The van der Waals surface area contributed by atoms with E-state index in [0.29, 0.717) is 11.9 Å². The molecule has 4 nitrogen and oxygen atoms in total. The van der Waals surface area contributed by atoms with Crippen molar-refractivity contribution in [3.05, 3.63) is 46.6 Å². The van der Waals surface area contributed by atoms with Gasteiger partial charge >= 0.3 is 0 Å². The van der Waals surface area contributed by atoms with Gasteiger partial charge in [0.25, 0.3) is 0 Å². The summed E-state index contributed by atoms with van der Waals surface area (Å²) in [5.41, 5.74) is 1.31. The summed E-state index contributed by atoms with van der Waals surface area (Å²) in [7, 11) is 1.81. The van der Waals surface area contributed by atoms with Crippen LogP contribution in [-0.2, 0) is 0 Å². The molecule has 0 bridgehead atoms. The lowest BCUT2D eigenvalue weighted by atomic mass is 10.0. The first-order valence-electron chi connectivity index (χ1n) is 6.20. The van der Waals surface area contributed by atoms with E-state index in [1.807, 2.05) is 6.07 Å². The van der Waals surface area contributed by atoms with Crippen LogP contribution >= 0.6 is 15.9 Å². The van der Waals surface area contributed by atoms with Gasteiger partial charge in [-0.3, -0.25) is 0 Å². The molecule has 0 spiro atoms. The minimum absolute atomic E-state index is 0.418. The van der Waals surface area contributed by atoms with Crippen LogP contribution in [0.5, 0.6) is 0 Å². The monoisotopic (exact) mass is 320 g/mol. The van der Waals surface area contributed by atoms with Crippen molar-refractivity contribution in [2.45, 2.75) is 12.8 Å². The fraction of sp³-hybridized carbons (Fsp3) is 0.286. The molecule has 0 saturated heterocycles. The molecule has 1 heterocycles. The van der Waals surface area contributed by atoms with Gasteiger partial charge in [0.2, 0.25) is 5.95 Å². The number of rotatable bonds is 5. The van der Waals surface area contributed by atoms with E-state index in [1.165, 1.54) is 5.56 Å². The van der Waals surface area contributed by atoms with Crippen molar-refractivity contribution < 1.29 is 0 Å². The second kappa shape index (κ2) is 6.52. The van der Waals surface area contributed by atoms with Gasteiger partial charge in [-0.25, -0.2) is 4.98 Å². The van der Waals surface area contributed by atoms with Gasteiger partial charge in [-0.05, 0) is 27.4 Å². The summed E-state index contributed by atoms with van der Waals surface area (Å²) in [4.78, 5) is 8.51. The Morgan fingerprint density at radius 1 is 1.26 bits per heavy atom. The summed E-state index contributed by atoms with van der Waals surface area (Å²) in [5, 5.41) is 6.28. The van der Waals surface area contributed by atoms with Gasteiger partial charge in [0.15, 0.2) is 0 Å². The first kappa shape index (κ1) is 13.8. The number of hydrogen-bond donors (Lipinski definition) is 2. The van der Waals surface area contributed by atoms with Gasteiger partial charge in [-0.1, -0.05) is 37.3 Å². The Hall–Kier alpha value is -1.62. The van der Waals surface area contributed by atoms with Gasteiger partial charge in [0, 0.05) is 19.8 Å². The molecule has 100 valence electrons. The molecule has 0 fully saturated rings. The number of hydrogen-bond acceptors (Lipinski definition) is 4. The molecule has 0 amide bonds. The van der Waals surface area contributed by atoms with Gasteiger partial charge in [-0.15, -0.1) is 0 Å². The van der Waals surface area contributed by atoms with Crippen molar-refractivity contribution in [3.63, 3.8) is 0 Å². The molecule has 1 aromatic heterocycles. The third-order valence-electron chi connectivity index (χ3n) is 2.91. The predicted octanol–water partition coefficient (Wildman–Crippen LogP) is 3.50. The van der Waals surface area contributed by atoms with E-state index in [-0.39, 0.29) is 0 Å². The van der Waals surface area contributed by atoms with Crippen LogP contribution < -0.4 is 10.6 Å². The van der Waals surface area contributed by atoms with Crippen molar-refractivity contribution in [2.75, 3.05) is 24.2 Å². The average molecular weight is 321 g/mol. The van der Waals surface area contributed by atoms with Gasteiger partial charge in [0.05, 0.1) is 4.47 Å². The van der Waals surface area contributed by atoms with Gasteiger partial charge < -0.3 is 10.6 Å². The highest BCUT2D eigenvalue weighted by Crippen LogP contribution is 2.22. The Bertz CT molecular complexity index is 530. The van der Waals surface area contributed by atoms with E-state index in [4.69, 9.17) is 0 Å². The molecule has 1 aromatic carbocycles. The Morgan fingerprint density at radius 3 is 2.68 bits per heavy atom. The molecule has 2 rings (SSSR count). The minimum Gasteiger partial charge on any atom is -0.368 e. The fourth-order valence-electron chi connectivity index (χ4n) is 1.76. The maximum atomic E-state index is 4.38. The normalized spacial score (nSPS) is 11.9. The SMILES string of the molecule is CNc1ncc(Br)c(NCC(C)c2ccccc2)n1. The number of aromatic nitrogens is 2. The van der Waals surface area contributed by atoms with E-state index < -0.39 is 0 Å². The Morgan fingerprint density at radius 2 is 2.00 bits per heavy atom. The zero-order valence-electron chi connectivity index (χ0n) is 11.0. The maximum Gasteiger partial charge on any atom is 0.224 e.